The normalized spacial score (nSPS) is 14.2. The van der Waals surface area contributed by atoms with Crippen molar-refractivity contribution in [3.63, 3.8) is 0 Å². The number of amides is 1. The summed E-state index contributed by atoms with van der Waals surface area (Å²) in [6, 6.07) is 12.1. The molecule has 1 aliphatic heterocycles. The molecule has 4 aromatic rings. The molecule has 3 heterocycles. The average Bonchev–Trinajstić information content (AvgIpc) is 3.39. The van der Waals surface area contributed by atoms with Gasteiger partial charge in [0.2, 0.25) is 11.7 Å². The number of nitrogens with one attached hydrogen (secondary N) is 2. The van der Waals surface area contributed by atoms with Crippen molar-refractivity contribution >= 4 is 23.2 Å². The Balaban J connectivity index is 1.66. The Morgan fingerprint density at radius 3 is 2.35 bits per heavy atom. The monoisotopic (exact) mass is 543 g/mol. The Kier molecular flexibility index (Phi) is 7.01. The summed E-state index contributed by atoms with van der Waals surface area (Å²) < 4.78 is 18.2. The number of aromatic nitrogens is 4. The van der Waals surface area contributed by atoms with Crippen LogP contribution in [0.4, 0.5) is 17.3 Å². The van der Waals surface area contributed by atoms with E-state index in [9.17, 15) is 14.9 Å². The number of carbonyl (C=O) groups is 1. The first-order chi connectivity index (χ1) is 19.3. The van der Waals surface area contributed by atoms with Crippen LogP contribution in [0, 0.1) is 10.1 Å². The van der Waals surface area contributed by atoms with Gasteiger partial charge < -0.3 is 24.8 Å². The number of allylic oxidation sites excluding steroid dienone is 1. The summed E-state index contributed by atoms with van der Waals surface area (Å²) in [5.74, 6) is 1.51. The quantitative estimate of drug-likeness (QED) is 0.244. The molecule has 0 fully saturated rings. The van der Waals surface area contributed by atoms with Gasteiger partial charge in [-0.1, -0.05) is 0 Å². The van der Waals surface area contributed by atoms with Crippen molar-refractivity contribution in [3.8, 4) is 28.6 Å². The second-order valence-corrected chi connectivity index (χ2v) is 8.73. The number of benzene rings is 2. The molecule has 13 nitrogen and oxygen atoms in total. The number of carbonyl (C=O) groups excluding carboxylic acids is 1. The van der Waals surface area contributed by atoms with Crippen molar-refractivity contribution < 1.29 is 23.9 Å². The molecule has 1 amide bonds. The van der Waals surface area contributed by atoms with Crippen LogP contribution in [-0.4, -0.2) is 51.9 Å². The molecular formula is C27H25N7O6. The standard InChI is InChI=1S/C27H25N7O6/c1-15-22(26(35)30-18-6-5-11-28-14-18)23(17-12-20(38-2)24(40-4)21(13-17)39-3)33-27(29-15)31-25(32-33)16-7-9-19(10-8-16)34(36)37/h5-14,23H,1-4H3,(H,30,35)(H,29,31,32). The first kappa shape index (κ1) is 26.2. The molecule has 1 unspecified atom stereocenters. The first-order valence-electron chi connectivity index (χ1n) is 12.0. The van der Waals surface area contributed by atoms with Crippen LogP contribution in [0.15, 0.2) is 72.2 Å². The minimum atomic E-state index is -0.763. The van der Waals surface area contributed by atoms with Crippen LogP contribution in [0.5, 0.6) is 17.2 Å². The second-order valence-electron chi connectivity index (χ2n) is 8.73. The summed E-state index contributed by atoms with van der Waals surface area (Å²) in [5, 5.41) is 21.9. The Morgan fingerprint density at radius 1 is 1.07 bits per heavy atom. The fourth-order valence-corrected chi connectivity index (χ4v) is 4.50. The molecule has 2 aromatic heterocycles. The Morgan fingerprint density at radius 2 is 1.77 bits per heavy atom. The predicted octanol–water partition coefficient (Wildman–Crippen LogP) is 4.20. The number of nitro benzene ring substituents is 1. The van der Waals surface area contributed by atoms with Crippen LogP contribution >= 0.6 is 0 Å². The number of anilines is 2. The number of non-ortho nitro benzene ring substituents is 1. The van der Waals surface area contributed by atoms with Gasteiger partial charge in [-0.15, -0.1) is 5.10 Å². The topological polar surface area (TPSA) is 156 Å². The molecule has 0 aliphatic carbocycles. The van der Waals surface area contributed by atoms with E-state index in [2.05, 4.69) is 20.6 Å². The van der Waals surface area contributed by atoms with Crippen molar-refractivity contribution in [2.75, 3.05) is 32.0 Å². The number of nitro groups is 1. The maximum atomic E-state index is 13.7. The minimum absolute atomic E-state index is 0.0481. The molecule has 0 bridgehead atoms. The Labute approximate surface area is 228 Å². The maximum absolute atomic E-state index is 13.7. The predicted molar refractivity (Wildman–Crippen MR) is 146 cm³/mol. The van der Waals surface area contributed by atoms with Crippen LogP contribution in [0.1, 0.15) is 18.5 Å². The highest BCUT2D eigenvalue weighted by molar-refractivity contribution is 6.06. The van der Waals surface area contributed by atoms with E-state index in [-0.39, 0.29) is 11.6 Å². The number of fused-ring (bicyclic) bond motifs is 1. The number of methoxy groups -OCH3 is 3. The van der Waals surface area contributed by atoms with Gasteiger partial charge in [-0.3, -0.25) is 19.9 Å². The van der Waals surface area contributed by atoms with Crippen LogP contribution in [0.25, 0.3) is 11.4 Å². The molecule has 2 aromatic carbocycles. The van der Waals surface area contributed by atoms with Crippen molar-refractivity contribution in [2.24, 2.45) is 0 Å². The lowest BCUT2D eigenvalue weighted by molar-refractivity contribution is -0.384. The summed E-state index contributed by atoms with van der Waals surface area (Å²) in [5.41, 5.74) is 2.58. The Bertz CT molecular complexity index is 1590. The lowest BCUT2D eigenvalue weighted by Crippen LogP contribution is -2.31. The average molecular weight is 544 g/mol. The highest BCUT2D eigenvalue weighted by Crippen LogP contribution is 2.44. The molecule has 40 heavy (non-hydrogen) atoms. The molecule has 204 valence electrons. The van der Waals surface area contributed by atoms with Gasteiger partial charge >= 0.3 is 0 Å². The number of hydrogen-bond acceptors (Lipinski definition) is 10. The van der Waals surface area contributed by atoms with Gasteiger partial charge in [0, 0.05) is 29.6 Å². The molecule has 5 rings (SSSR count). The van der Waals surface area contributed by atoms with Gasteiger partial charge in [0.1, 0.15) is 6.04 Å². The lowest BCUT2D eigenvalue weighted by atomic mass is 9.94. The van der Waals surface area contributed by atoms with Crippen molar-refractivity contribution in [2.45, 2.75) is 13.0 Å². The lowest BCUT2D eigenvalue weighted by Gasteiger charge is -2.29. The molecule has 0 spiro atoms. The molecule has 0 radical (unpaired) electrons. The van der Waals surface area contributed by atoms with E-state index >= 15 is 0 Å². The fraction of sp³-hybridized carbons (Fsp3) is 0.185. The third-order valence-electron chi connectivity index (χ3n) is 6.36. The zero-order chi connectivity index (χ0) is 28.4. The molecular weight excluding hydrogens is 518 g/mol. The second kappa shape index (κ2) is 10.7. The highest BCUT2D eigenvalue weighted by Gasteiger charge is 2.36. The maximum Gasteiger partial charge on any atom is 0.269 e. The van der Waals surface area contributed by atoms with E-state index in [4.69, 9.17) is 19.3 Å². The smallest absolute Gasteiger partial charge is 0.269 e. The summed E-state index contributed by atoms with van der Waals surface area (Å²) in [7, 11) is 4.52. The largest absolute Gasteiger partial charge is 0.493 e. The fourth-order valence-electron chi connectivity index (χ4n) is 4.50. The SMILES string of the molecule is COc1cc(C2C(C(=O)Nc3cccnc3)=C(C)Nc3nc(-c4ccc([N+](=O)[O-])cc4)nn32)cc(OC)c1OC. The van der Waals surface area contributed by atoms with Gasteiger partial charge in [-0.25, -0.2) is 4.68 Å². The molecule has 1 atom stereocenters. The van der Waals surface area contributed by atoms with Gasteiger partial charge in [-0.05, 0) is 48.9 Å². The van der Waals surface area contributed by atoms with E-state index in [1.165, 1.54) is 33.5 Å². The minimum Gasteiger partial charge on any atom is -0.493 e. The summed E-state index contributed by atoms with van der Waals surface area (Å²) in [4.78, 5) is 33.1. The third-order valence-corrected chi connectivity index (χ3v) is 6.36. The van der Waals surface area contributed by atoms with Gasteiger partial charge in [0.15, 0.2) is 17.3 Å². The van der Waals surface area contributed by atoms with E-state index < -0.39 is 11.0 Å². The molecule has 0 saturated carbocycles. The Hall–Kier alpha value is -5.46. The number of nitrogens with zero attached hydrogens (tertiary/aromatic N) is 5. The van der Waals surface area contributed by atoms with Crippen molar-refractivity contribution in [1.82, 2.24) is 19.7 Å². The molecule has 0 saturated heterocycles. The molecule has 2 N–H and O–H groups in total. The first-order valence-corrected chi connectivity index (χ1v) is 12.0. The summed E-state index contributed by atoms with van der Waals surface area (Å²) in [6.45, 7) is 1.77. The summed E-state index contributed by atoms with van der Waals surface area (Å²) in [6.07, 6.45) is 3.16. The number of rotatable bonds is 8. The van der Waals surface area contributed by atoms with E-state index in [0.29, 0.717) is 57.1 Å². The van der Waals surface area contributed by atoms with Gasteiger partial charge in [0.05, 0.1) is 43.7 Å². The number of hydrogen-bond donors (Lipinski definition) is 2. The van der Waals surface area contributed by atoms with Crippen LogP contribution in [-0.2, 0) is 4.79 Å². The van der Waals surface area contributed by atoms with Crippen molar-refractivity contribution in [1.29, 1.82) is 0 Å². The number of pyridine rings is 1. The summed E-state index contributed by atoms with van der Waals surface area (Å²) >= 11 is 0. The van der Waals surface area contributed by atoms with Gasteiger partial charge in [-0.2, -0.15) is 4.98 Å². The van der Waals surface area contributed by atoms with E-state index in [0.717, 1.165) is 0 Å². The third kappa shape index (κ3) is 4.75. The van der Waals surface area contributed by atoms with Gasteiger partial charge in [0.25, 0.3) is 11.6 Å². The van der Waals surface area contributed by atoms with E-state index in [1.54, 1.807) is 60.4 Å². The van der Waals surface area contributed by atoms with Crippen molar-refractivity contribution in [3.05, 3.63) is 87.9 Å². The van der Waals surface area contributed by atoms with Crippen LogP contribution in [0.2, 0.25) is 0 Å². The molecule has 1 aliphatic rings. The van der Waals surface area contributed by atoms with Crippen LogP contribution in [0.3, 0.4) is 0 Å². The highest BCUT2D eigenvalue weighted by atomic mass is 16.6. The number of ether oxygens (including phenoxy) is 3. The van der Waals surface area contributed by atoms with E-state index in [1.807, 2.05) is 0 Å². The zero-order valence-electron chi connectivity index (χ0n) is 22.0. The van der Waals surface area contributed by atoms with Crippen LogP contribution < -0.4 is 24.8 Å². The zero-order valence-corrected chi connectivity index (χ0v) is 22.0. The molecule has 13 heteroatoms.